The van der Waals surface area contributed by atoms with E-state index in [-0.39, 0.29) is 5.75 Å². The number of phenols is 1. The first-order valence-corrected chi connectivity index (χ1v) is 6.22. The highest BCUT2D eigenvalue weighted by Gasteiger charge is 2.18. The summed E-state index contributed by atoms with van der Waals surface area (Å²) in [7, 11) is 1.85. The Kier molecular flexibility index (Phi) is 3.05. The van der Waals surface area contributed by atoms with Gasteiger partial charge in [-0.2, -0.15) is 0 Å². The SMILES string of the molecule is CNc1nc(-c2ccc(O)cc2)nc2c1COCC2. The number of aromatic hydroxyl groups is 1. The van der Waals surface area contributed by atoms with Crippen molar-refractivity contribution in [3.05, 3.63) is 35.5 Å². The molecule has 19 heavy (non-hydrogen) atoms. The third-order valence-corrected chi connectivity index (χ3v) is 3.18. The lowest BCUT2D eigenvalue weighted by Gasteiger charge is -2.19. The van der Waals surface area contributed by atoms with Gasteiger partial charge in [-0.05, 0) is 24.3 Å². The molecule has 98 valence electrons. The average molecular weight is 257 g/mol. The minimum atomic E-state index is 0.240. The minimum absolute atomic E-state index is 0.240. The number of aromatic nitrogens is 2. The standard InChI is InChI=1S/C14H15N3O2/c1-15-14-11-8-19-7-6-12(11)16-13(17-14)9-2-4-10(18)5-3-9/h2-5,18H,6-8H2,1H3,(H,15,16,17). The second-order valence-electron chi connectivity index (χ2n) is 4.42. The van der Waals surface area contributed by atoms with Crippen molar-refractivity contribution in [3.63, 3.8) is 0 Å². The zero-order valence-corrected chi connectivity index (χ0v) is 10.7. The summed E-state index contributed by atoms with van der Waals surface area (Å²) in [6, 6.07) is 6.91. The Bertz CT molecular complexity index is 579. The van der Waals surface area contributed by atoms with E-state index in [1.165, 1.54) is 0 Å². The highest BCUT2D eigenvalue weighted by molar-refractivity contribution is 5.60. The van der Waals surface area contributed by atoms with Crippen molar-refractivity contribution in [3.8, 4) is 17.1 Å². The summed E-state index contributed by atoms with van der Waals surface area (Å²) in [5.74, 6) is 1.72. The van der Waals surface area contributed by atoms with Crippen LogP contribution in [0, 0.1) is 0 Å². The molecule has 0 spiro atoms. The molecule has 0 amide bonds. The maximum Gasteiger partial charge on any atom is 0.161 e. The quantitative estimate of drug-likeness (QED) is 0.861. The van der Waals surface area contributed by atoms with Crippen molar-refractivity contribution >= 4 is 5.82 Å². The first-order chi connectivity index (χ1) is 9.28. The van der Waals surface area contributed by atoms with Crippen LogP contribution >= 0.6 is 0 Å². The summed E-state index contributed by atoms with van der Waals surface area (Å²) in [6.07, 6.45) is 0.803. The molecule has 2 N–H and O–H groups in total. The number of ether oxygens (including phenoxy) is 1. The highest BCUT2D eigenvalue weighted by Crippen LogP contribution is 2.26. The molecule has 1 aromatic heterocycles. The fraction of sp³-hybridized carbons (Fsp3) is 0.286. The van der Waals surface area contributed by atoms with E-state index in [2.05, 4.69) is 15.3 Å². The van der Waals surface area contributed by atoms with Crippen LogP contribution in [0.1, 0.15) is 11.3 Å². The van der Waals surface area contributed by atoms with Gasteiger partial charge in [0.25, 0.3) is 0 Å². The lowest BCUT2D eigenvalue weighted by molar-refractivity contribution is 0.109. The number of hydrogen-bond donors (Lipinski definition) is 2. The third-order valence-electron chi connectivity index (χ3n) is 3.18. The number of hydrogen-bond acceptors (Lipinski definition) is 5. The Hall–Kier alpha value is -2.14. The van der Waals surface area contributed by atoms with Crippen molar-refractivity contribution < 1.29 is 9.84 Å². The van der Waals surface area contributed by atoms with Crippen molar-refractivity contribution in [1.82, 2.24) is 9.97 Å². The molecular weight excluding hydrogens is 242 g/mol. The molecule has 0 saturated heterocycles. The number of nitrogens with one attached hydrogen (secondary N) is 1. The van der Waals surface area contributed by atoms with Gasteiger partial charge < -0.3 is 15.2 Å². The van der Waals surface area contributed by atoms with E-state index in [9.17, 15) is 5.11 Å². The molecule has 1 aliphatic rings. The van der Waals surface area contributed by atoms with Gasteiger partial charge in [0.1, 0.15) is 11.6 Å². The molecule has 0 atom stereocenters. The monoisotopic (exact) mass is 257 g/mol. The average Bonchev–Trinajstić information content (AvgIpc) is 2.47. The van der Waals surface area contributed by atoms with Gasteiger partial charge in [0, 0.05) is 24.6 Å². The Balaban J connectivity index is 2.09. The molecule has 0 aliphatic carbocycles. The maximum absolute atomic E-state index is 9.33. The molecule has 5 heteroatoms. The van der Waals surface area contributed by atoms with Gasteiger partial charge in [0.05, 0.1) is 18.9 Å². The van der Waals surface area contributed by atoms with Gasteiger partial charge in [-0.25, -0.2) is 9.97 Å². The molecule has 1 aromatic carbocycles. The molecule has 2 aromatic rings. The smallest absolute Gasteiger partial charge is 0.161 e. The number of nitrogens with zero attached hydrogens (tertiary/aromatic N) is 2. The van der Waals surface area contributed by atoms with Crippen LogP contribution in [0.4, 0.5) is 5.82 Å². The second kappa shape index (κ2) is 4.85. The molecule has 3 rings (SSSR count). The van der Waals surface area contributed by atoms with E-state index < -0.39 is 0 Å². The molecule has 0 fully saturated rings. The van der Waals surface area contributed by atoms with Crippen LogP contribution < -0.4 is 5.32 Å². The van der Waals surface area contributed by atoms with Crippen LogP contribution in [0.5, 0.6) is 5.75 Å². The van der Waals surface area contributed by atoms with Crippen molar-refractivity contribution in [2.75, 3.05) is 19.0 Å². The summed E-state index contributed by atoms with van der Waals surface area (Å²) >= 11 is 0. The summed E-state index contributed by atoms with van der Waals surface area (Å²) in [5, 5.41) is 12.4. The van der Waals surface area contributed by atoms with Gasteiger partial charge in [0.15, 0.2) is 5.82 Å². The first kappa shape index (κ1) is 11.9. The van der Waals surface area contributed by atoms with Gasteiger partial charge in [-0.1, -0.05) is 0 Å². The Morgan fingerprint density at radius 2 is 2.00 bits per heavy atom. The number of rotatable bonds is 2. The third kappa shape index (κ3) is 2.24. The Morgan fingerprint density at radius 1 is 1.21 bits per heavy atom. The van der Waals surface area contributed by atoms with Crippen LogP contribution in [0.3, 0.4) is 0 Å². The highest BCUT2D eigenvalue weighted by atomic mass is 16.5. The topological polar surface area (TPSA) is 67.3 Å². The molecule has 0 radical (unpaired) electrons. The van der Waals surface area contributed by atoms with E-state index in [4.69, 9.17) is 4.74 Å². The predicted octanol–water partition coefficient (Wildman–Crippen LogP) is 1.96. The molecule has 0 bridgehead atoms. The summed E-state index contributed by atoms with van der Waals surface area (Å²) in [4.78, 5) is 9.13. The summed E-state index contributed by atoms with van der Waals surface area (Å²) in [5.41, 5.74) is 2.97. The fourth-order valence-electron chi connectivity index (χ4n) is 2.18. The van der Waals surface area contributed by atoms with E-state index in [0.29, 0.717) is 19.0 Å². The second-order valence-corrected chi connectivity index (χ2v) is 4.42. The van der Waals surface area contributed by atoms with Gasteiger partial charge >= 0.3 is 0 Å². The number of benzene rings is 1. The maximum atomic E-state index is 9.33. The van der Waals surface area contributed by atoms with Gasteiger partial charge in [0.2, 0.25) is 0 Å². The van der Waals surface area contributed by atoms with E-state index >= 15 is 0 Å². The van der Waals surface area contributed by atoms with Crippen LogP contribution in [0.15, 0.2) is 24.3 Å². The Morgan fingerprint density at radius 3 is 2.74 bits per heavy atom. The fourth-order valence-corrected chi connectivity index (χ4v) is 2.18. The summed E-state index contributed by atoms with van der Waals surface area (Å²) < 4.78 is 5.45. The predicted molar refractivity (Wildman–Crippen MR) is 72.0 cm³/mol. The molecule has 2 heterocycles. The first-order valence-electron chi connectivity index (χ1n) is 6.22. The lowest BCUT2D eigenvalue weighted by Crippen LogP contribution is -2.16. The number of fused-ring (bicyclic) bond motifs is 1. The molecule has 0 saturated carbocycles. The Labute approximate surface area is 111 Å². The molecule has 5 nitrogen and oxygen atoms in total. The van der Waals surface area contributed by atoms with Crippen molar-refractivity contribution in [2.45, 2.75) is 13.0 Å². The van der Waals surface area contributed by atoms with Crippen molar-refractivity contribution in [2.24, 2.45) is 0 Å². The lowest BCUT2D eigenvalue weighted by atomic mass is 10.1. The number of phenolic OH excluding ortho intramolecular Hbond substituents is 1. The summed E-state index contributed by atoms with van der Waals surface area (Å²) in [6.45, 7) is 1.25. The molecule has 0 unspecified atom stereocenters. The van der Waals surface area contributed by atoms with Crippen LogP contribution in [-0.2, 0) is 17.8 Å². The van der Waals surface area contributed by atoms with E-state index in [1.807, 2.05) is 19.2 Å². The molecule has 1 aliphatic heterocycles. The zero-order valence-electron chi connectivity index (χ0n) is 10.7. The van der Waals surface area contributed by atoms with Crippen molar-refractivity contribution in [1.29, 1.82) is 0 Å². The largest absolute Gasteiger partial charge is 0.508 e. The van der Waals surface area contributed by atoms with Gasteiger partial charge in [-0.3, -0.25) is 0 Å². The van der Waals surface area contributed by atoms with Gasteiger partial charge in [-0.15, -0.1) is 0 Å². The number of anilines is 1. The molecular formula is C14H15N3O2. The van der Waals surface area contributed by atoms with E-state index in [1.54, 1.807) is 12.1 Å². The van der Waals surface area contributed by atoms with Crippen LogP contribution in [0.25, 0.3) is 11.4 Å². The normalized spacial score (nSPS) is 13.9. The van der Waals surface area contributed by atoms with Crippen LogP contribution in [0.2, 0.25) is 0 Å². The minimum Gasteiger partial charge on any atom is -0.508 e. The van der Waals surface area contributed by atoms with Crippen LogP contribution in [-0.4, -0.2) is 28.7 Å². The zero-order chi connectivity index (χ0) is 13.2. The van der Waals surface area contributed by atoms with E-state index in [0.717, 1.165) is 29.1 Å².